The van der Waals surface area contributed by atoms with Crippen molar-refractivity contribution < 1.29 is 18.0 Å². The molecule has 0 bridgehead atoms. The molecule has 1 aromatic heterocycles. The van der Waals surface area contributed by atoms with E-state index in [1.807, 2.05) is 13.8 Å². The van der Waals surface area contributed by atoms with Gasteiger partial charge in [0.1, 0.15) is 6.04 Å². The highest BCUT2D eigenvalue weighted by Crippen LogP contribution is 2.17. The third kappa shape index (κ3) is 5.14. The van der Waals surface area contributed by atoms with Gasteiger partial charge in [-0.25, -0.2) is 8.42 Å². The van der Waals surface area contributed by atoms with Crippen molar-refractivity contribution in [2.45, 2.75) is 24.8 Å². The SMILES string of the molecule is CC(C)[C@@H](NC(=O)c1cccs1)C(=O)Nc1cccc(S(C)(=O)=O)c1. The van der Waals surface area contributed by atoms with Crippen LogP contribution in [-0.4, -0.2) is 32.5 Å². The molecule has 0 spiro atoms. The lowest BCUT2D eigenvalue weighted by Crippen LogP contribution is -2.46. The van der Waals surface area contributed by atoms with Gasteiger partial charge in [0, 0.05) is 11.9 Å². The lowest BCUT2D eigenvalue weighted by Gasteiger charge is -2.21. The van der Waals surface area contributed by atoms with Gasteiger partial charge in [0.05, 0.1) is 9.77 Å². The number of hydrogen-bond acceptors (Lipinski definition) is 5. The van der Waals surface area contributed by atoms with E-state index in [0.29, 0.717) is 10.6 Å². The predicted molar refractivity (Wildman–Crippen MR) is 98.6 cm³/mol. The molecule has 0 radical (unpaired) electrons. The van der Waals surface area contributed by atoms with E-state index in [9.17, 15) is 18.0 Å². The third-order valence-corrected chi connectivity index (χ3v) is 5.49. The molecule has 25 heavy (non-hydrogen) atoms. The summed E-state index contributed by atoms with van der Waals surface area (Å²) >= 11 is 1.29. The molecule has 2 N–H and O–H groups in total. The number of benzene rings is 1. The van der Waals surface area contributed by atoms with Gasteiger partial charge >= 0.3 is 0 Å². The van der Waals surface area contributed by atoms with Crippen LogP contribution in [0.5, 0.6) is 0 Å². The predicted octanol–water partition coefficient (Wildman–Crippen LogP) is 2.54. The molecule has 134 valence electrons. The molecule has 8 heteroatoms. The van der Waals surface area contributed by atoms with Crippen molar-refractivity contribution in [3.8, 4) is 0 Å². The topological polar surface area (TPSA) is 92.3 Å². The summed E-state index contributed by atoms with van der Waals surface area (Å²) in [4.78, 5) is 25.4. The first-order chi connectivity index (χ1) is 11.7. The van der Waals surface area contributed by atoms with Crippen LogP contribution in [0.4, 0.5) is 5.69 Å². The number of rotatable bonds is 6. The molecule has 2 amide bonds. The first-order valence-corrected chi connectivity index (χ1v) is 10.4. The van der Waals surface area contributed by atoms with Crippen LogP contribution in [-0.2, 0) is 14.6 Å². The number of anilines is 1. The van der Waals surface area contributed by atoms with Gasteiger partial charge in [-0.3, -0.25) is 9.59 Å². The number of thiophene rings is 1. The van der Waals surface area contributed by atoms with Crippen molar-refractivity contribution >= 4 is 38.7 Å². The van der Waals surface area contributed by atoms with Crippen molar-refractivity contribution in [1.29, 1.82) is 0 Å². The molecular weight excluding hydrogens is 360 g/mol. The van der Waals surface area contributed by atoms with Gasteiger partial charge in [-0.2, -0.15) is 0 Å². The maximum absolute atomic E-state index is 12.5. The minimum absolute atomic E-state index is 0.119. The molecule has 0 fully saturated rings. The van der Waals surface area contributed by atoms with E-state index in [1.54, 1.807) is 29.6 Å². The summed E-state index contributed by atoms with van der Waals surface area (Å²) in [5, 5.41) is 7.18. The van der Waals surface area contributed by atoms with Gasteiger partial charge in [0.15, 0.2) is 9.84 Å². The average Bonchev–Trinajstić information content (AvgIpc) is 3.06. The molecule has 2 rings (SSSR count). The molecule has 0 saturated heterocycles. The van der Waals surface area contributed by atoms with Crippen molar-refractivity contribution in [2.75, 3.05) is 11.6 Å². The summed E-state index contributed by atoms with van der Waals surface area (Å²) in [5.41, 5.74) is 0.365. The number of sulfone groups is 1. The number of amides is 2. The van der Waals surface area contributed by atoms with E-state index in [1.165, 1.54) is 23.5 Å². The molecule has 1 aromatic carbocycles. The first kappa shape index (κ1) is 19.1. The Bertz CT molecular complexity index is 859. The minimum atomic E-state index is -3.37. The van der Waals surface area contributed by atoms with Gasteiger partial charge in [-0.05, 0) is 35.6 Å². The molecule has 0 aliphatic heterocycles. The number of carbonyl (C=O) groups excluding carboxylic acids is 2. The molecule has 2 aromatic rings. The highest BCUT2D eigenvalue weighted by molar-refractivity contribution is 7.90. The van der Waals surface area contributed by atoms with Crippen LogP contribution in [0.15, 0.2) is 46.7 Å². The molecule has 0 aliphatic carbocycles. The molecule has 1 atom stereocenters. The van der Waals surface area contributed by atoms with E-state index in [0.717, 1.165) is 6.26 Å². The molecule has 6 nitrogen and oxygen atoms in total. The van der Waals surface area contributed by atoms with Crippen molar-refractivity contribution in [2.24, 2.45) is 5.92 Å². The number of carbonyl (C=O) groups is 2. The van der Waals surface area contributed by atoms with Crippen LogP contribution in [0.1, 0.15) is 23.5 Å². The summed E-state index contributed by atoms with van der Waals surface area (Å²) in [7, 11) is -3.37. The lowest BCUT2D eigenvalue weighted by molar-refractivity contribution is -0.118. The fraction of sp³-hybridized carbons (Fsp3) is 0.294. The van der Waals surface area contributed by atoms with E-state index in [2.05, 4.69) is 10.6 Å². The zero-order chi connectivity index (χ0) is 18.6. The largest absolute Gasteiger partial charge is 0.339 e. The Labute approximate surface area is 151 Å². The standard InChI is InChI=1S/C17H20N2O4S2/c1-11(2)15(19-16(20)14-8-5-9-24-14)17(21)18-12-6-4-7-13(10-12)25(3,22)23/h4-11,15H,1-3H3,(H,18,21)(H,19,20)/t15-/m1/s1. The zero-order valence-corrected chi connectivity index (χ0v) is 15.8. The highest BCUT2D eigenvalue weighted by Gasteiger charge is 2.25. The Hall–Kier alpha value is -2.19. The molecule has 0 saturated carbocycles. The van der Waals surface area contributed by atoms with Crippen molar-refractivity contribution in [1.82, 2.24) is 5.32 Å². The second kappa shape index (κ2) is 7.79. The smallest absolute Gasteiger partial charge is 0.262 e. The van der Waals surface area contributed by atoms with Crippen molar-refractivity contribution in [3.05, 3.63) is 46.7 Å². The van der Waals surface area contributed by atoms with Gasteiger partial charge in [0.25, 0.3) is 5.91 Å². The number of hydrogen-bond donors (Lipinski definition) is 2. The third-order valence-electron chi connectivity index (χ3n) is 3.51. The Kier molecular flexibility index (Phi) is 5.97. The molecule has 0 unspecified atom stereocenters. The second-order valence-corrected chi connectivity index (χ2v) is 8.93. The van der Waals surface area contributed by atoms with Crippen LogP contribution in [0.2, 0.25) is 0 Å². The Morgan fingerprint density at radius 2 is 1.84 bits per heavy atom. The normalized spacial score (nSPS) is 12.6. The summed E-state index contributed by atoms with van der Waals surface area (Å²) in [6, 6.07) is 8.73. The summed E-state index contributed by atoms with van der Waals surface area (Å²) in [5.74, 6) is -0.846. The van der Waals surface area contributed by atoms with E-state index >= 15 is 0 Å². The Balaban J connectivity index is 2.14. The quantitative estimate of drug-likeness (QED) is 0.805. The van der Waals surface area contributed by atoms with Crippen LogP contribution < -0.4 is 10.6 Å². The molecule has 0 aliphatic rings. The maximum Gasteiger partial charge on any atom is 0.262 e. The fourth-order valence-electron chi connectivity index (χ4n) is 2.18. The Morgan fingerprint density at radius 3 is 2.40 bits per heavy atom. The fourth-order valence-corrected chi connectivity index (χ4v) is 3.47. The Morgan fingerprint density at radius 1 is 1.12 bits per heavy atom. The zero-order valence-electron chi connectivity index (χ0n) is 14.1. The summed E-state index contributed by atoms with van der Waals surface area (Å²) < 4.78 is 23.2. The van der Waals surface area contributed by atoms with Crippen LogP contribution in [0.25, 0.3) is 0 Å². The second-order valence-electron chi connectivity index (χ2n) is 5.96. The average molecular weight is 380 g/mol. The number of nitrogens with one attached hydrogen (secondary N) is 2. The lowest BCUT2D eigenvalue weighted by atomic mass is 10.0. The summed E-state index contributed by atoms with van der Waals surface area (Å²) in [6.07, 6.45) is 1.10. The van der Waals surface area contributed by atoms with Gasteiger partial charge in [-0.1, -0.05) is 26.0 Å². The van der Waals surface area contributed by atoms with Crippen LogP contribution in [0, 0.1) is 5.92 Å². The van der Waals surface area contributed by atoms with Gasteiger partial charge in [-0.15, -0.1) is 11.3 Å². The molecule has 1 heterocycles. The van der Waals surface area contributed by atoms with Gasteiger partial charge in [0.2, 0.25) is 5.91 Å². The first-order valence-electron chi connectivity index (χ1n) is 7.64. The van der Waals surface area contributed by atoms with Gasteiger partial charge < -0.3 is 10.6 Å². The van der Waals surface area contributed by atoms with Crippen LogP contribution in [0.3, 0.4) is 0 Å². The summed E-state index contributed by atoms with van der Waals surface area (Å²) in [6.45, 7) is 3.65. The van der Waals surface area contributed by atoms with E-state index in [4.69, 9.17) is 0 Å². The monoisotopic (exact) mass is 380 g/mol. The van der Waals surface area contributed by atoms with E-state index < -0.39 is 21.8 Å². The van der Waals surface area contributed by atoms with Crippen LogP contribution >= 0.6 is 11.3 Å². The molecular formula is C17H20N2O4S2. The maximum atomic E-state index is 12.5. The minimum Gasteiger partial charge on any atom is -0.339 e. The van der Waals surface area contributed by atoms with Crippen molar-refractivity contribution in [3.63, 3.8) is 0 Å². The highest BCUT2D eigenvalue weighted by atomic mass is 32.2. The van der Waals surface area contributed by atoms with E-state index in [-0.39, 0.29) is 16.7 Å².